The monoisotopic (exact) mass is 355 g/mol. The summed E-state index contributed by atoms with van der Waals surface area (Å²) in [6.45, 7) is 0.808. The number of fused-ring (bicyclic) bond motifs is 1. The molecule has 1 aromatic carbocycles. The highest BCUT2D eigenvalue weighted by atomic mass is 16.6. The SMILES string of the molecule is O=C(/C=C/c1ccc2c(c1)OCCO2)NNC(=O)Cn1ccccc1=O. The lowest BCUT2D eigenvalue weighted by atomic mass is 10.2. The molecule has 0 saturated carbocycles. The number of hydrazine groups is 1. The predicted molar refractivity (Wildman–Crippen MR) is 93.5 cm³/mol. The maximum atomic E-state index is 11.8. The number of nitrogens with zero attached hydrogens (tertiary/aromatic N) is 1. The molecule has 0 unspecified atom stereocenters. The molecule has 2 aromatic rings. The number of ether oxygens (including phenoxy) is 2. The Balaban J connectivity index is 1.51. The molecule has 134 valence electrons. The summed E-state index contributed by atoms with van der Waals surface area (Å²) in [4.78, 5) is 35.1. The van der Waals surface area contributed by atoms with Crippen LogP contribution in [0.4, 0.5) is 0 Å². The maximum absolute atomic E-state index is 11.8. The first kappa shape index (κ1) is 17.3. The lowest BCUT2D eigenvalue weighted by Gasteiger charge is -2.18. The van der Waals surface area contributed by atoms with Crippen LogP contribution in [0.25, 0.3) is 6.08 Å². The van der Waals surface area contributed by atoms with Gasteiger partial charge >= 0.3 is 0 Å². The number of carbonyl (C=O) groups excluding carboxylic acids is 2. The van der Waals surface area contributed by atoms with Crippen LogP contribution in [0.3, 0.4) is 0 Å². The van der Waals surface area contributed by atoms with Gasteiger partial charge in [0.15, 0.2) is 11.5 Å². The van der Waals surface area contributed by atoms with E-state index >= 15 is 0 Å². The molecule has 2 heterocycles. The van der Waals surface area contributed by atoms with E-state index in [0.29, 0.717) is 24.7 Å². The standard InChI is InChI=1S/C18H17N3O5/c22-16(19-20-17(23)12-21-8-2-1-3-18(21)24)7-5-13-4-6-14-15(11-13)26-10-9-25-14/h1-8,11H,9-10,12H2,(H,19,22)(H,20,23)/b7-5+. The van der Waals surface area contributed by atoms with Gasteiger partial charge in [-0.3, -0.25) is 25.2 Å². The summed E-state index contributed by atoms with van der Waals surface area (Å²) in [5, 5.41) is 0. The first-order valence-corrected chi connectivity index (χ1v) is 7.94. The number of hydrogen-bond donors (Lipinski definition) is 2. The highest BCUT2D eigenvalue weighted by molar-refractivity contribution is 5.93. The Hall–Kier alpha value is -3.55. The number of amides is 2. The van der Waals surface area contributed by atoms with E-state index in [0.717, 1.165) is 5.56 Å². The van der Waals surface area contributed by atoms with E-state index in [9.17, 15) is 14.4 Å². The van der Waals surface area contributed by atoms with E-state index in [1.165, 1.54) is 22.9 Å². The summed E-state index contributed by atoms with van der Waals surface area (Å²) in [7, 11) is 0. The van der Waals surface area contributed by atoms with Crippen molar-refractivity contribution in [3.63, 3.8) is 0 Å². The highest BCUT2D eigenvalue weighted by Crippen LogP contribution is 2.30. The van der Waals surface area contributed by atoms with Crippen molar-refractivity contribution in [2.45, 2.75) is 6.54 Å². The molecule has 2 N–H and O–H groups in total. The zero-order valence-corrected chi connectivity index (χ0v) is 13.8. The number of rotatable bonds is 4. The Morgan fingerprint density at radius 3 is 2.69 bits per heavy atom. The fourth-order valence-electron chi connectivity index (χ4n) is 2.29. The van der Waals surface area contributed by atoms with Gasteiger partial charge in [0.2, 0.25) is 0 Å². The molecule has 2 amide bonds. The summed E-state index contributed by atoms with van der Waals surface area (Å²) in [5.41, 5.74) is 4.97. The van der Waals surface area contributed by atoms with Gasteiger partial charge in [-0.1, -0.05) is 12.1 Å². The molecule has 0 aliphatic carbocycles. The second-order valence-corrected chi connectivity index (χ2v) is 5.44. The zero-order valence-electron chi connectivity index (χ0n) is 13.8. The maximum Gasteiger partial charge on any atom is 0.262 e. The first-order chi connectivity index (χ1) is 12.6. The molecule has 3 rings (SSSR count). The fraction of sp³-hybridized carbons (Fsp3) is 0.167. The van der Waals surface area contributed by atoms with E-state index in [2.05, 4.69) is 10.9 Å². The normalized spacial score (nSPS) is 12.6. The van der Waals surface area contributed by atoms with Crippen LogP contribution in [0.15, 0.2) is 53.5 Å². The third-order valence-electron chi connectivity index (χ3n) is 3.53. The number of hydrogen-bond acceptors (Lipinski definition) is 5. The fourth-order valence-corrected chi connectivity index (χ4v) is 2.29. The van der Waals surface area contributed by atoms with Crippen LogP contribution in [-0.4, -0.2) is 29.6 Å². The molecule has 0 bridgehead atoms. The van der Waals surface area contributed by atoms with E-state index in [4.69, 9.17) is 9.47 Å². The van der Waals surface area contributed by atoms with Gasteiger partial charge in [0.1, 0.15) is 19.8 Å². The molecule has 0 radical (unpaired) electrons. The number of benzene rings is 1. The summed E-state index contributed by atoms with van der Waals surface area (Å²) >= 11 is 0. The summed E-state index contributed by atoms with van der Waals surface area (Å²) in [6.07, 6.45) is 4.35. The van der Waals surface area contributed by atoms with Crippen LogP contribution in [-0.2, 0) is 16.1 Å². The molecule has 0 spiro atoms. The third kappa shape index (κ3) is 4.50. The predicted octanol–water partition coefficient (Wildman–Crippen LogP) is 0.480. The largest absolute Gasteiger partial charge is 0.486 e. The van der Waals surface area contributed by atoms with E-state index < -0.39 is 11.8 Å². The number of aromatic nitrogens is 1. The van der Waals surface area contributed by atoms with Gasteiger partial charge < -0.3 is 14.0 Å². The topological polar surface area (TPSA) is 98.7 Å². The van der Waals surface area contributed by atoms with Gasteiger partial charge in [0.25, 0.3) is 17.4 Å². The average Bonchev–Trinajstić information content (AvgIpc) is 2.66. The van der Waals surface area contributed by atoms with Crippen molar-refractivity contribution in [3.8, 4) is 11.5 Å². The number of pyridine rings is 1. The van der Waals surface area contributed by atoms with Crippen molar-refractivity contribution < 1.29 is 19.1 Å². The summed E-state index contributed by atoms with van der Waals surface area (Å²) in [5.74, 6) is 0.273. The zero-order chi connectivity index (χ0) is 18.4. The van der Waals surface area contributed by atoms with Gasteiger partial charge in [-0.2, -0.15) is 0 Å². The molecular formula is C18H17N3O5. The molecule has 0 fully saturated rings. The van der Waals surface area contributed by atoms with Gasteiger partial charge in [-0.15, -0.1) is 0 Å². The van der Waals surface area contributed by atoms with Crippen LogP contribution < -0.4 is 25.9 Å². The molecule has 1 aliphatic heterocycles. The van der Waals surface area contributed by atoms with Crippen LogP contribution in [0.2, 0.25) is 0 Å². The van der Waals surface area contributed by atoms with Crippen molar-refractivity contribution in [2.24, 2.45) is 0 Å². The Kier molecular flexibility index (Phi) is 5.33. The van der Waals surface area contributed by atoms with Crippen molar-refractivity contribution in [3.05, 3.63) is 64.6 Å². The van der Waals surface area contributed by atoms with Crippen LogP contribution in [0, 0.1) is 0 Å². The molecule has 0 saturated heterocycles. The first-order valence-electron chi connectivity index (χ1n) is 7.94. The van der Waals surface area contributed by atoms with Crippen LogP contribution in [0.5, 0.6) is 11.5 Å². The second-order valence-electron chi connectivity index (χ2n) is 5.44. The van der Waals surface area contributed by atoms with Crippen molar-refractivity contribution in [1.82, 2.24) is 15.4 Å². The van der Waals surface area contributed by atoms with Crippen LogP contribution >= 0.6 is 0 Å². The van der Waals surface area contributed by atoms with Crippen LogP contribution in [0.1, 0.15) is 5.56 Å². The summed E-state index contributed by atoms with van der Waals surface area (Å²) < 4.78 is 12.1. The minimum absolute atomic E-state index is 0.189. The Bertz CT molecular complexity index is 904. The lowest BCUT2D eigenvalue weighted by Crippen LogP contribution is -2.43. The van der Waals surface area contributed by atoms with Gasteiger partial charge in [0.05, 0.1) is 0 Å². The third-order valence-corrected chi connectivity index (χ3v) is 3.53. The quantitative estimate of drug-likeness (QED) is 0.614. The van der Waals surface area contributed by atoms with E-state index in [-0.39, 0.29) is 12.1 Å². The number of carbonyl (C=O) groups is 2. The minimum atomic E-state index is -0.514. The molecule has 1 aliphatic rings. The summed E-state index contributed by atoms with van der Waals surface area (Å²) in [6, 6.07) is 9.90. The average molecular weight is 355 g/mol. The molecule has 1 aromatic heterocycles. The van der Waals surface area contributed by atoms with Crippen molar-refractivity contribution >= 4 is 17.9 Å². The Morgan fingerprint density at radius 1 is 1.08 bits per heavy atom. The van der Waals surface area contributed by atoms with E-state index in [1.807, 2.05) is 0 Å². The van der Waals surface area contributed by atoms with E-state index in [1.54, 1.807) is 36.4 Å². The second kappa shape index (κ2) is 8.02. The molecule has 26 heavy (non-hydrogen) atoms. The Morgan fingerprint density at radius 2 is 1.88 bits per heavy atom. The lowest BCUT2D eigenvalue weighted by molar-refractivity contribution is -0.127. The molecule has 0 atom stereocenters. The van der Waals surface area contributed by atoms with Gasteiger partial charge in [-0.05, 0) is 29.8 Å². The van der Waals surface area contributed by atoms with Crippen molar-refractivity contribution in [2.75, 3.05) is 13.2 Å². The highest BCUT2D eigenvalue weighted by Gasteiger charge is 2.11. The smallest absolute Gasteiger partial charge is 0.262 e. The molecule has 8 heteroatoms. The van der Waals surface area contributed by atoms with Gasteiger partial charge in [-0.25, -0.2) is 0 Å². The Labute approximate surface area is 149 Å². The van der Waals surface area contributed by atoms with Gasteiger partial charge in [0, 0.05) is 18.3 Å². The van der Waals surface area contributed by atoms with Crippen molar-refractivity contribution in [1.29, 1.82) is 0 Å². The minimum Gasteiger partial charge on any atom is -0.486 e. The molecule has 8 nitrogen and oxygen atoms in total. The molecular weight excluding hydrogens is 338 g/mol. The number of nitrogens with one attached hydrogen (secondary N) is 2.